The molecule has 31 heavy (non-hydrogen) atoms. The smallest absolute Gasteiger partial charge is 0.280 e. The molecule has 0 fully saturated rings. The second-order valence-corrected chi connectivity index (χ2v) is 7.83. The molecule has 4 rings (SSSR count). The number of anilines is 1. The molecule has 0 spiro atoms. The first kappa shape index (κ1) is 20.7. The predicted octanol–water partition coefficient (Wildman–Crippen LogP) is 4.73. The highest BCUT2D eigenvalue weighted by molar-refractivity contribution is 6.31. The van der Waals surface area contributed by atoms with Crippen molar-refractivity contribution in [2.45, 2.75) is 26.3 Å². The number of aromatic nitrogens is 1. The largest absolute Gasteiger partial charge is 0.496 e. The van der Waals surface area contributed by atoms with Crippen molar-refractivity contribution in [1.82, 2.24) is 4.57 Å². The maximum Gasteiger partial charge on any atom is 0.280 e. The fourth-order valence-electron chi connectivity index (χ4n) is 4.04. The van der Waals surface area contributed by atoms with Gasteiger partial charge in [0.25, 0.3) is 5.91 Å². The number of hydrogen-bond donors (Lipinski definition) is 1. The van der Waals surface area contributed by atoms with E-state index >= 15 is 0 Å². The van der Waals surface area contributed by atoms with E-state index in [9.17, 15) is 9.90 Å². The molecule has 2 aromatic carbocycles. The highest BCUT2D eigenvalue weighted by Gasteiger charge is 2.36. The quantitative estimate of drug-likeness (QED) is 0.604. The Hall–Kier alpha value is -3.54. The number of fused-ring (bicyclic) bond motifs is 1. The molecule has 1 amide bonds. The van der Waals surface area contributed by atoms with Crippen LogP contribution in [0.4, 0.5) is 5.69 Å². The van der Waals surface area contributed by atoms with Gasteiger partial charge in [-0.15, -0.1) is 0 Å². The zero-order valence-corrected chi connectivity index (χ0v) is 18.3. The Labute approximate surface area is 182 Å². The highest BCUT2D eigenvalue weighted by atomic mass is 16.5. The van der Waals surface area contributed by atoms with Gasteiger partial charge in [-0.05, 0) is 36.2 Å². The van der Waals surface area contributed by atoms with E-state index < -0.39 is 0 Å². The molecule has 0 atom stereocenters. The first-order chi connectivity index (χ1) is 15.0. The van der Waals surface area contributed by atoms with E-state index in [2.05, 4.69) is 11.9 Å². The summed E-state index contributed by atoms with van der Waals surface area (Å²) in [5.41, 5.74) is 4.73. The van der Waals surface area contributed by atoms with Gasteiger partial charge in [-0.1, -0.05) is 37.6 Å². The molecule has 1 aliphatic heterocycles. The molecule has 1 N–H and O–H groups in total. The van der Waals surface area contributed by atoms with Gasteiger partial charge >= 0.3 is 0 Å². The predicted molar refractivity (Wildman–Crippen MR) is 124 cm³/mol. The van der Waals surface area contributed by atoms with Gasteiger partial charge in [-0.25, -0.2) is 4.99 Å². The third kappa shape index (κ3) is 3.48. The minimum atomic E-state index is -0.340. The summed E-state index contributed by atoms with van der Waals surface area (Å²) >= 11 is 0. The van der Waals surface area contributed by atoms with Gasteiger partial charge in [0.2, 0.25) is 5.88 Å². The molecule has 0 saturated heterocycles. The summed E-state index contributed by atoms with van der Waals surface area (Å²) in [5, 5.41) is 11.3. The summed E-state index contributed by atoms with van der Waals surface area (Å²) in [5.74, 6) is 0.346. The summed E-state index contributed by atoms with van der Waals surface area (Å²) in [4.78, 5) is 19.4. The van der Waals surface area contributed by atoms with Crippen molar-refractivity contribution >= 4 is 17.3 Å². The Morgan fingerprint density at radius 2 is 1.77 bits per heavy atom. The maximum atomic E-state index is 13.1. The molecule has 1 aliphatic rings. The lowest BCUT2D eigenvalue weighted by Crippen LogP contribution is -2.08. The number of carbonyl (C=O) groups is 1. The Morgan fingerprint density at radius 3 is 2.42 bits per heavy atom. The number of ether oxygens (including phenoxy) is 1. The normalized spacial score (nSPS) is 12.6. The molecule has 0 saturated carbocycles. The molecule has 3 aromatic rings. The monoisotopic (exact) mass is 417 g/mol. The van der Waals surface area contributed by atoms with Gasteiger partial charge in [0.05, 0.1) is 29.6 Å². The first-order valence-electron chi connectivity index (χ1n) is 10.5. The molecule has 6 heteroatoms. The fourth-order valence-corrected chi connectivity index (χ4v) is 4.04. The number of benzene rings is 2. The van der Waals surface area contributed by atoms with Crippen molar-refractivity contribution < 1.29 is 14.6 Å². The average molecular weight is 418 g/mol. The molecule has 6 nitrogen and oxygen atoms in total. The van der Waals surface area contributed by atoms with Crippen LogP contribution >= 0.6 is 0 Å². The van der Waals surface area contributed by atoms with Gasteiger partial charge in [0.1, 0.15) is 5.75 Å². The van der Waals surface area contributed by atoms with Crippen LogP contribution in [0, 0.1) is 0 Å². The van der Waals surface area contributed by atoms with Crippen LogP contribution in [0.1, 0.15) is 41.3 Å². The van der Waals surface area contributed by atoms with Crippen molar-refractivity contribution in [3.8, 4) is 22.9 Å². The second kappa shape index (κ2) is 8.30. The lowest BCUT2D eigenvalue weighted by atomic mass is 9.99. The number of rotatable bonds is 7. The van der Waals surface area contributed by atoms with Crippen molar-refractivity contribution in [2.24, 2.45) is 4.99 Å². The van der Waals surface area contributed by atoms with Crippen molar-refractivity contribution in [3.63, 3.8) is 0 Å². The Kier molecular flexibility index (Phi) is 5.55. The lowest BCUT2D eigenvalue weighted by molar-refractivity contribution is 0.101. The maximum absolute atomic E-state index is 13.1. The van der Waals surface area contributed by atoms with Crippen LogP contribution in [0.2, 0.25) is 0 Å². The van der Waals surface area contributed by atoms with Crippen LogP contribution in [0.25, 0.3) is 11.3 Å². The number of nitrogens with zero attached hydrogens (tertiary/aromatic N) is 3. The van der Waals surface area contributed by atoms with E-state index in [0.29, 0.717) is 40.4 Å². The first-order valence-corrected chi connectivity index (χ1v) is 10.5. The number of carbonyl (C=O) groups excluding carboxylic acids is 1. The van der Waals surface area contributed by atoms with E-state index in [1.807, 2.05) is 72.1 Å². The van der Waals surface area contributed by atoms with Crippen LogP contribution in [-0.2, 0) is 6.54 Å². The molecule has 0 unspecified atom stereocenters. The molecule has 0 bridgehead atoms. The second-order valence-electron chi connectivity index (χ2n) is 7.83. The van der Waals surface area contributed by atoms with Crippen molar-refractivity contribution in [2.75, 3.05) is 26.1 Å². The van der Waals surface area contributed by atoms with Crippen LogP contribution in [-0.4, -0.2) is 42.5 Å². The summed E-state index contributed by atoms with van der Waals surface area (Å²) in [6.45, 7) is 2.72. The van der Waals surface area contributed by atoms with Crippen LogP contribution in [0.3, 0.4) is 0 Å². The number of methoxy groups -OCH3 is 1. The van der Waals surface area contributed by atoms with Crippen molar-refractivity contribution in [3.05, 3.63) is 65.2 Å². The summed E-state index contributed by atoms with van der Waals surface area (Å²) < 4.78 is 7.33. The molecule has 160 valence electrons. The minimum absolute atomic E-state index is 0.0747. The van der Waals surface area contributed by atoms with Gasteiger partial charge in [0, 0.05) is 31.9 Å². The molecule has 0 aliphatic carbocycles. The summed E-state index contributed by atoms with van der Waals surface area (Å²) in [6.07, 6.45) is 1.86. The SMILES string of the molecule is CCCCn1c(O)c2c(c1-c1ccc(N(C)C)cc1)C(=O)N=C2c1ccccc1OC. The Balaban J connectivity index is 1.92. The third-order valence-electron chi connectivity index (χ3n) is 5.65. The average Bonchev–Trinajstić information content (AvgIpc) is 3.27. The molecule has 0 radical (unpaired) electrons. The minimum Gasteiger partial charge on any atom is -0.496 e. The molecule has 2 heterocycles. The number of amides is 1. The summed E-state index contributed by atoms with van der Waals surface area (Å²) in [7, 11) is 5.56. The number of para-hydroxylation sites is 1. The number of hydrogen-bond acceptors (Lipinski definition) is 4. The Morgan fingerprint density at radius 1 is 1.06 bits per heavy atom. The number of unbranched alkanes of at least 4 members (excludes halogenated alkanes) is 1. The van der Waals surface area contributed by atoms with E-state index in [4.69, 9.17) is 4.74 Å². The fraction of sp³-hybridized carbons (Fsp3) is 0.280. The standard InChI is InChI=1S/C25H27N3O3/c1-5-6-15-28-23(16-11-13-17(14-12-16)27(2)3)21-20(25(28)30)22(26-24(21)29)18-9-7-8-10-19(18)31-4/h7-14,30H,5-6,15H2,1-4H3. The van der Waals surface area contributed by atoms with Crippen molar-refractivity contribution in [1.29, 1.82) is 0 Å². The highest BCUT2D eigenvalue weighted by Crippen LogP contribution is 2.42. The third-order valence-corrected chi connectivity index (χ3v) is 5.65. The van der Waals surface area contributed by atoms with Crippen LogP contribution in [0.5, 0.6) is 11.6 Å². The summed E-state index contributed by atoms with van der Waals surface area (Å²) in [6, 6.07) is 15.4. The van der Waals surface area contributed by atoms with E-state index in [-0.39, 0.29) is 11.8 Å². The van der Waals surface area contributed by atoms with Crippen LogP contribution in [0.15, 0.2) is 53.5 Å². The van der Waals surface area contributed by atoms with Gasteiger partial charge < -0.3 is 19.3 Å². The molecular weight excluding hydrogens is 390 g/mol. The van der Waals surface area contributed by atoms with E-state index in [1.165, 1.54) is 0 Å². The van der Waals surface area contributed by atoms with Gasteiger partial charge in [-0.2, -0.15) is 0 Å². The molecular formula is C25H27N3O3. The van der Waals surface area contributed by atoms with Crippen LogP contribution < -0.4 is 9.64 Å². The topological polar surface area (TPSA) is 67.1 Å². The zero-order chi connectivity index (χ0) is 22.1. The Bertz CT molecular complexity index is 1160. The van der Waals surface area contributed by atoms with E-state index in [1.54, 1.807) is 7.11 Å². The lowest BCUT2D eigenvalue weighted by Gasteiger charge is -2.15. The van der Waals surface area contributed by atoms with E-state index in [0.717, 1.165) is 24.1 Å². The zero-order valence-electron chi connectivity index (χ0n) is 18.3. The molecule has 1 aromatic heterocycles. The van der Waals surface area contributed by atoms with Gasteiger partial charge in [-0.3, -0.25) is 4.79 Å². The van der Waals surface area contributed by atoms with Gasteiger partial charge in [0.15, 0.2) is 0 Å². The number of aliphatic imine (C=N–C) groups is 1. The number of aromatic hydroxyl groups is 1.